The Hall–Kier alpha value is -1.91. The molecule has 1 aromatic carbocycles. The van der Waals surface area contributed by atoms with Crippen molar-refractivity contribution >= 4 is 40.0 Å². The zero-order valence-corrected chi connectivity index (χ0v) is 27.4. The van der Waals surface area contributed by atoms with Crippen LogP contribution < -0.4 is 11.2 Å². The number of aliphatic hydroxyl groups is 3. The number of rotatable bonds is 6. The standard InChI is InChI=1S/C22H22ClN3O6.C4H8.3H3OP/c23-18-14(13-4-2-1-3-5-13)6-9-24-15(18)12-26-17(28)7-10-25(22(26)31)21-20(30)19(29)16(32-21)8-11-27;1-3-4-2;3*1-2/h1-7,9-10,16,19-21,27,29-30H,8,11-12H2;3-4H,1-2H3;3*1H,2H2/b;4-3-;;;. The van der Waals surface area contributed by atoms with Crippen LogP contribution in [0.1, 0.15) is 32.2 Å². The predicted molar refractivity (Wildman–Crippen MR) is 173 cm³/mol. The van der Waals surface area contributed by atoms with Gasteiger partial charge in [-0.2, -0.15) is 0 Å². The Kier molecular flexibility index (Phi) is 21.6. The molecule has 2 aromatic heterocycles. The lowest BCUT2D eigenvalue weighted by Gasteiger charge is -2.19. The molecular weight excluding hydrogens is 627 g/mol. The molecule has 42 heavy (non-hydrogen) atoms. The Balaban J connectivity index is 0.00000150. The lowest BCUT2D eigenvalue weighted by atomic mass is 10.1. The lowest BCUT2D eigenvalue weighted by Crippen LogP contribution is -2.43. The van der Waals surface area contributed by atoms with Crippen LogP contribution in [0.3, 0.4) is 0 Å². The molecule has 0 bridgehead atoms. The molecule has 6 N–H and O–H groups in total. The van der Waals surface area contributed by atoms with E-state index in [9.17, 15) is 19.8 Å². The van der Waals surface area contributed by atoms with Gasteiger partial charge in [0.1, 0.15) is 12.2 Å². The van der Waals surface area contributed by atoms with Gasteiger partial charge in [-0.05, 0) is 60.3 Å². The van der Waals surface area contributed by atoms with E-state index < -0.39 is 35.8 Å². The van der Waals surface area contributed by atoms with E-state index in [0.717, 1.165) is 20.8 Å². The van der Waals surface area contributed by atoms with Crippen molar-refractivity contribution in [1.82, 2.24) is 14.1 Å². The monoisotopic (exact) mass is 665 g/mol. The molecule has 7 unspecified atom stereocenters. The Morgan fingerprint density at radius 1 is 0.952 bits per heavy atom. The van der Waals surface area contributed by atoms with E-state index in [-0.39, 0.29) is 19.6 Å². The van der Waals surface area contributed by atoms with Gasteiger partial charge in [-0.25, -0.2) is 4.79 Å². The third-order valence-corrected chi connectivity index (χ3v) is 6.23. The molecule has 3 aromatic rings. The molecule has 0 aliphatic carbocycles. The Morgan fingerprint density at radius 3 is 2.10 bits per heavy atom. The molecule has 234 valence electrons. The van der Waals surface area contributed by atoms with Gasteiger partial charge < -0.3 is 34.7 Å². The number of aliphatic hydroxyl groups excluding tert-OH is 3. The molecule has 1 fully saturated rings. The number of ether oxygens (including phenoxy) is 1. The molecule has 0 amide bonds. The second-order valence-corrected chi connectivity index (χ2v) is 8.52. The third-order valence-electron chi connectivity index (χ3n) is 5.81. The summed E-state index contributed by atoms with van der Waals surface area (Å²) in [4.78, 5) is 50.6. The van der Waals surface area contributed by atoms with Crippen molar-refractivity contribution in [2.24, 2.45) is 0 Å². The largest absolute Gasteiger partial charge is 0.396 e. The highest BCUT2D eigenvalue weighted by molar-refractivity contribution is 7.08. The van der Waals surface area contributed by atoms with E-state index in [4.69, 9.17) is 36.1 Å². The molecular formula is C26H39ClN3O9P3. The van der Waals surface area contributed by atoms with Gasteiger partial charge in [0.25, 0.3) is 5.56 Å². The number of pyridine rings is 1. The fourth-order valence-electron chi connectivity index (χ4n) is 3.78. The van der Waals surface area contributed by atoms with Crippen LogP contribution in [-0.4, -0.2) is 69.0 Å². The average molecular weight is 666 g/mol. The van der Waals surface area contributed by atoms with Crippen LogP contribution in [0.25, 0.3) is 11.1 Å². The summed E-state index contributed by atoms with van der Waals surface area (Å²) < 4.78 is 7.56. The molecule has 3 heterocycles. The highest BCUT2D eigenvalue weighted by Crippen LogP contribution is 2.31. The van der Waals surface area contributed by atoms with Gasteiger partial charge >= 0.3 is 5.69 Å². The topological polar surface area (TPSA) is 188 Å². The summed E-state index contributed by atoms with van der Waals surface area (Å²) in [6.45, 7) is 3.56. The maximum Gasteiger partial charge on any atom is 0.333 e. The van der Waals surface area contributed by atoms with E-state index >= 15 is 0 Å². The van der Waals surface area contributed by atoms with Crippen molar-refractivity contribution in [1.29, 1.82) is 0 Å². The number of allylic oxidation sites excluding steroid dienone is 2. The van der Waals surface area contributed by atoms with Crippen LogP contribution in [0.2, 0.25) is 5.02 Å². The molecule has 7 atom stereocenters. The van der Waals surface area contributed by atoms with Crippen molar-refractivity contribution in [3.63, 3.8) is 0 Å². The first-order valence-corrected chi connectivity index (χ1v) is 14.2. The Bertz CT molecular complexity index is 1310. The minimum Gasteiger partial charge on any atom is -0.396 e. The van der Waals surface area contributed by atoms with Crippen molar-refractivity contribution in [2.45, 2.75) is 51.4 Å². The Morgan fingerprint density at radius 2 is 1.55 bits per heavy atom. The van der Waals surface area contributed by atoms with Gasteiger partial charge in [-0.15, -0.1) is 0 Å². The van der Waals surface area contributed by atoms with E-state index in [1.807, 2.05) is 56.3 Å². The van der Waals surface area contributed by atoms with Gasteiger partial charge in [0.15, 0.2) is 6.23 Å². The van der Waals surface area contributed by atoms with Gasteiger partial charge in [0.05, 0.1) is 23.4 Å². The van der Waals surface area contributed by atoms with Gasteiger partial charge in [-0.1, -0.05) is 54.1 Å². The van der Waals surface area contributed by atoms with Crippen LogP contribution in [-0.2, 0) is 11.3 Å². The normalized spacial score (nSPS) is 18.8. The fraction of sp³-hybridized carbons (Fsp3) is 0.346. The SMILES string of the molecule is C/C=C\C.O=c1ccn(C2OC(CCO)C(O)C2O)c(=O)n1Cc1nccc(-c2ccccc2)c1Cl.OP.OP.OP. The number of nitrogens with zero attached hydrogens (tertiary/aromatic N) is 3. The van der Waals surface area contributed by atoms with E-state index in [1.54, 1.807) is 12.3 Å². The smallest absolute Gasteiger partial charge is 0.333 e. The van der Waals surface area contributed by atoms with Crippen LogP contribution in [0, 0.1) is 0 Å². The average Bonchev–Trinajstić information content (AvgIpc) is 3.32. The molecule has 1 aliphatic heterocycles. The molecule has 0 radical (unpaired) electrons. The molecule has 4 rings (SSSR count). The number of hydrogen-bond acceptors (Lipinski definition) is 10. The summed E-state index contributed by atoms with van der Waals surface area (Å²) in [7, 11) is 4.25. The van der Waals surface area contributed by atoms with Gasteiger partial charge in [0.2, 0.25) is 0 Å². The summed E-state index contributed by atoms with van der Waals surface area (Å²) >= 11 is 6.55. The molecule has 1 aliphatic rings. The van der Waals surface area contributed by atoms with Crippen LogP contribution in [0.4, 0.5) is 0 Å². The lowest BCUT2D eigenvalue weighted by molar-refractivity contribution is -0.0458. The predicted octanol–water partition coefficient (Wildman–Crippen LogP) is 1.66. The first-order valence-electron chi connectivity index (χ1n) is 12.3. The minimum absolute atomic E-state index is 0.0922. The summed E-state index contributed by atoms with van der Waals surface area (Å²) in [6.07, 6.45) is 2.12. The molecule has 12 nitrogen and oxygen atoms in total. The summed E-state index contributed by atoms with van der Waals surface area (Å²) in [6, 6.07) is 12.3. The zero-order valence-electron chi connectivity index (χ0n) is 23.1. The van der Waals surface area contributed by atoms with Crippen molar-refractivity contribution in [2.75, 3.05) is 6.61 Å². The summed E-state index contributed by atoms with van der Waals surface area (Å²) in [5.74, 6) is 0. The molecule has 0 spiro atoms. The summed E-state index contributed by atoms with van der Waals surface area (Å²) in [5, 5.41) is 29.9. The second-order valence-electron chi connectivity index (χ2n) is 8.14. The van der Waals surface area contributed by atoms with E-state index in [2.05, 4.69) is 4.98 Å². The number of hydrogen-bond donors (Lipinski definition) is 6. The highest BCUT2D eigenvalue weighted by Gasteiger charge is 2.43. The molecule has 1 saturated heterocycles. The quantitative estimate of drug-likeness (QED) is 0.167. The van der Waals surface area contributed by atoms with Crippen molar-refractivity contribution in [3.05, 3.63) is 98.6 Å². The minimum atomic E-state index is -1.40. The van der Waals surface area contributed by atoms with Crippen LogP contribution in [0.15, 0.2) is 76.6 Å². The van der Waals surface area contributed by atoms with Gasteiger partial charge in [0, 0.05) is 30.6 Å². The Labute approximate surface area is 256 Å². The highest BCUT2D eigenvalue weighted by atomic mass is 35.5. The van der Waals surface area contributed by atoms with Crippen molar-refractivity contribution < 1.29 is 34.7 Å². The maximum absolute atomic E-state index is 13.1. The third kappa shape index (κ3) is 11.0. The first kappa shape index (κ1) is 40.1. The second kappa shape index (κ2) is 22.6. The first-order chi connectivity index (χ1) is 20.3. The summed E-state index contributed by atoms with van der Waals surface area (Å²) in [5.41, 5.74) is 0.586. The van der Waals surface area contributed by atoms with Crippen LogP contribution >= 0.6 is 40.0 Å². The maximum atomic E-state index is 13.1. The molecule has 16 heteroatoms. The van der Waals surface area contributed by atoms with Crippen molar-refractivity contribution in [3.8, 4) is 11.1 Å². The number of aromatic nitrogens is 3. The number of benzene rings is 1. The number of halogens is 1. The fourth-order valence-corrected chi connectivity index (χ4v) is 4.06. The molecule has 0 saturated carbocycles. The van der Waals surface area contributed by atoms with Gasteiger partial charge in [-0.3, -0.25) is 18.9 Å². The van der Waals surface area contributed by atoms with E-state index in [1.165, 1.54) is 34.6 Å². The van der Waals surface area contributed by atoms with E-state index in [0.29, 0.717) is 16.3 Å². The van der Waals surface area contributed by atoms with Crippen LogP contribution in [0.5, 0.6) is 0 Å². The zero-order chi connectivity index (χ0) is 32.2.